The second kappa shape index (κ2) is 13.3. The van der Waals surface area contributed by atoms with Gasteiger partial charge in [0.1, 0.15) is 40.9 Å². The number of carbonyl (C=O) groups is 1. The summed E-state index contributed by atoms with van der Waals surface area (Å²) in [6.45, 7) is 9.55. The number of pyridine rings is 1. The van der Waals surface area contributed by atoms with E-state index in [1.54, 1.807) is 26.0 Å². The summed E-state index contributed by atoms with van der Waals surface area (Å²) in [4.78, 5) is 18.2. The highest BCUT2D eigenvalue weighted by atomic mass is 32.2. The minimum atomic E-state index is -0.851. The van der Waals surface area contributed by atoms with Crippen LogP contribution in [0.5, 0.6) is 5.75 Å². The third kappa shape index (κ3) is 6.59. The van der Waals surface area contributed by atoms with Gasteiger partial charge in [-0.25, -0.2) is 9.78 Å². The van der Waals surface area contributed by atoms with Gasteiger partial charge in [-0.1, -0.05) is 54.2 Å². The molecule has 214 valence electrons. The predicted molar refractivity (Wildman–Crippen MR) is 160 cm³/mol. The Morgan fingerprint density at radius 3 is 2.48 bits per heavy atom. The topological polar surface area (TPSA) is 131 Å². The first-order valence-electron chi connectivity index (χ1n) is 13.4. The van der Waals surface area contributed by atoms with Gasteiger partial charge in [0.15, 0.2) is 0 Å². The van der Waals surface area contributed by atoms with E-state index in [0.717, 1.165) is 22.4 Å². The number of aryl methyl sites for hydroxylation is 1. The second-order valence-electron chi connectivity index (χ2n) is 10.1. The van der Waals surface area contributed by atoms with Crippen molar-refractivity contribution in [1.29, 1.82) is 10.5 Å². The molecule has 9 heteroatoms. The number of ether oxygens (including phenoxy) is 3. The average Bonchev–Trinajstić information content (AvgIpc) is 2.97. The summed E-state index contributed by atoms with van der Waals surface area (Å²) in [5, 5.41) is 20.5. The molecule has 1 aliphatic rings. The van der Waals surface area contributed by atoms with Gasteiger partial charge in [-0.2, -0.15) is 10.5 Å². The van der Waals surface area contributed by atoms with E-state index in [1.807, 2.05) is 63.2 Å². The van der Waals surface area contributed by atoms with Crippen LogP contribution in [0.4, 0.5) is 0 Å². The Kier molecular flexibility index (Phi) is 9.57. The molecule has 2 N–H and O–H groups in total. The first-order valence-corrected chi connectivity index (χ1v) is 14.4. The number of nitrogens with two attached hydrogens (primary N) is 1. The summed E-state index contributed by atoms with van der Waals surface area (Å²) in [7, 11) is 0. The Labute approximate surface area is 250 Å². The molecule has 0 bridgehead atoms. The fourth-order valence-corrected chi connectivity index (χ4v) is 5.59. The van der Waals surface area contributed by atoms with Gasteiger partial charge < -0.3 is 19.9 Å². The molecule has 1 atom stereocenters. The van der Waals surface area contributed by atoms with E-state index in [2.05, 4.69) is 17.1 Å². The molecule has 0 saturated carbocycles. The highest BCUT2D eigenvalue weighted by molar-refractivity contribution is 7.99. The molecule has 2 aromatic carbocycles. The first-order chi connectivity index (χ1) is 20.1. The minimum Gasteiger partial charge on any atom is -0.489 e. The van der Waals surface area contributed by atoms with Gasteiger partial charge in [0, 0.05) is 5.69 Å². The van der Waals surface area contributed by atoms with Gasteiger partial charge >= 0.3 is 5.97 Å². The van der Waals surface area contributed by atoms with Gasteiger partial charge in [-0.3, -0.25) is 0 Å². The molecule has 0 spiro atoms. The number of allylic oxidation sites excluding steroid dienone is 1. The number of hydrogen-bond donors (Lipinski definition) is 1. The number of esters is 1. The van der Waals surface area contributed by atoms with Gasteiger partial charge in [-0.05, 0) is 69.0 Å². The van der Waals surface area contributed by atoms with E-state index in [9.17, 15) is 15.3 Å². The van der Waals surface area contributed by atoms with E-state index in [1.165, 1.54) is 11.8 Å². The molecule has 0 fully saturated rings. The van der Waals surface area contributed by atoms with Crippen molar-refractivity contribution >= 4 is 17.7 Å². The number of rotatable bonds is 9. The SMILES string of the molecule is Cc1nc(SCC2=C(C(=O)OC(C)C)[C@@H](c3cccc(OCc4ccccc4)c3)C(C#N)=C(N)O2)c(C#N)c(C)c1C. The number of carbonyl (C=O) groups excluding carboxylic acids is 1. The van der Waals surface area contributed by atoms with Crippen molar-refractivity contribution in [2.24, 2.45) is 5.73 Å². The van der Waals surface area contributed by atoms with Crippen LogP contribution < -0.4 is 10.5 Å². The number of nitriles is 2. The standard InChI is InChI=1S/C33H32N4O4S/c1-19(2)40-33(38)30-28(18-42-32-26(15-34)21(4)20(3)22(5)37-32)41-31(36)27(16-35)29(30)24-12-9-13-25(14-24)39-17-23-10-7-6-8-11-23/h6-14,19,29H,17-18,36H2,1-5H3/t29-/m0/s1. The third-order valence-electron chi connectivity index (χ3n) is 6.91. The minimum absolute atomic E-state index is 0.0949. The highest BCUT2D eigenvalue weighted by Gasteiger charge is 2.38. The number of thioether (sulfide) groups is 1. The first kappa shape index (κ1) is 30.2. The van der Waals surface area contributed by atoms with Crippen LogP contribution in [-0.2, 0) is 20.9 Å². The van der Waals surface area contributed by atoms with E-state index in [-0.39, 0.29) is 28.5 Å². The summed E-state index contributed by atoms with van der Waals surface area (Å²) in [5.41, 5.74) is 11.2. The Balaban J connectivity index is 1.76. The fourth-order valence-electron chi connectivity index (χ4n) is 4.57. The lowest BCUT2D eigenvalue weighted by Gasteiger charge is -2.29. The van der Waals surface area contributed by atoms with Crippen molar-refractivity contribution in [1.82, 2.24) is 4.98 Å². The Bertz CT molecular complexity index is 1650. The fraction of sp³-hybridized carbons (Fsp3) is 0.273. The van der Waals surface area contributed by atoms with Crippen LogP contribution in [-0.4, -0.2) is 22.8 Å². The molecule has 0 unspecified atom stereocenters. The molecule has 0 saturated heterocycles. The van der Waals surface area contributed by atoms with Crippen molar-refractivity contribution in [3.63, 3.8) is 0 Å². The Morgan fingerprint density at radius 2 is 1.81 bits per heavy atom. The Hall–Kier alpha value is -4.73. The van der Waals surface area contributed by atoms with E-state index in [4.69, 9.17) is 19.9 Å². The molecule has 1 aliphatic heterocycles. The summed E-state index contributed by atoms with van der Waals surface area (Å²) < 4.78 is 17.6. The summed E-state index contributed by atoms with van der Waals surface area (Å²) in [6.07, 6.45) is -0.414. The monoisotopic (exact) mass is 580 g/mol. The maximum absolute atomic E-state index is 13.6. The number of hydrogen-bond acceptors (Lipinski definition) is 9. The lowest BCUT2D eigenvalue weighted by Crippen LogP contribution is -2.28. The normalized spacial score (nSPS) is 14.7. The maximum Gasteiger partial charge on any atom is 0.338 e. The summed E-state index contributed by atoms with van der Waals surface area (Å²) >= 11 is 1.26. The van der Waals surface area contributed by atoms with Crippen LogP contribution in [0.3, 0.4) is 0 Å². The average molecular weight is 581 g/mol. The van der Waals surface area contributed by atoms with Crippen LogP contribution in [0.15, 0.2) is 82.4 Å². The number of nitrogens with zero attached hydrogens (tertiary/aromatic N) is 3. The molecule has 2 heterocycles. The number of benzene rings is 2. The smallest absolute Gasteiger partial charge is 0.338 e. The lowest BCUT2D eigenvalue weighted by atomic mass is 9.83. The van der Waals surface area contributed by atoms with Crippen molar-refractivity contribution in [2.75, 3.05) is 5.75 Å². The van der Waals surface area contributed by atoms with Crippen molar-refractivity contribution in [2.45, 2.75) is 58.3 Å². The van der Waals surface area contributed by atoms with Gasteiger partial charge in [-0.15, -0.1) is 0 Å². The van der Waals surface area contributed by atoms with E-state index in [0.29, 0.717) is 28.5 Å². The summed E-state index contributed by atoms with van der Waals surface area (Å²) in [6, 6.07) is 21.4. The second-order valence-corrected chi connectivity index (χ2v) is 11.1. The largest absolute Gasteiger partial charge is 0.489 e. The Morgan fingerprint density at radius 1 is 1.07 bits per heavy atom. The van der Waals surface area contributed by atoms with Crippen LogP contribution in [0, 0.1) is 43.4 Å². The zero-order valence-electron chi connectivity index (χ0n) is 24.2. The molecule has 8 nitrogen and oxygen atoms in total. The van der Waals surface area contributed by atoms with Crippen LogP contribution >= 0.6 is 11.8 Å². The molecule has 1 aromatic heterocycles. The molecule has 0 aliphatic carbocycles. The van der Waals surface area contributed by atoms with Crippen molar-refractivity contribution in [3.05, 3.63) is 111 Å². The molecular weight excluding hydrogens is 548 g/mol. The van der Waals surface area contributed by atoms with E-state index < -0.39 is 18.0 Å². The summed E-state index contributed by atoms with van der Waals surface area (Å²) in [5.74, 6) is -0.628. The maximum atomic E-state index is 13.6. The molecule has 3 aromatic rings. The molecule has 0 radical (unpaired) electrons. The number of aromatic nitrogens is 1. The third-order valence-corrected chi connectivity index (χ3v) is 7.89. The molecule has 0 amide bonds. The van der Waals surface area contributed by atoms with Gasteiger partial charge in [0.2, 0.25) is 5.88 Å². The van der Waals surface area contributed by atoms with E-state index >= 15 is 0 Å². The highest BCUT2D eigenvalue weighted by Crippen LogP contribution is 2.42. The predicted octanol–water partition coefficient (Wildman–Crippen LogP) is 6.26. The van der Waals surface area contributed by atoms with Crippen LogP contribution in [0.2, 0.25) is 0 Å². The van der Waals surface area contributed by atoms with Crippen molar-refractivity contribution < 1.29 is 19.0 Å². The zero-order valence-corrected chi connectivity index (χ0v) is 25.0. The molecule has 42 heavy (non-hydrogen) atoms. The lowest BCUT2D eigenvalue weighted by molar-refractivity contribution is -0.143. The molecular formula is C33H32N4O4S. The zero-order chi connectivity index (χ0) is 30.4. The quantitative estimate of drug-likeness (QED) is 0.230. The van der Waals surface area contributed by atoms with Crippen LogP contribution in [0.1, 0.15) is 53.3 Å². The van der Waals surface area contributed by atoms with Crippen molar-refractivity contribution in [3.8, 4) is 17.9 Å². The molecule has 4 rings (SSSR count). The van der Waals surface area contributed by atoms with Gasteiger partial charge in [0.05, 0.1) is 28.9 Å². The van der Waals surface area contributed by atoms with Gasteiger partial charge in [0.25, 0.3) is 0 Å². The van der Waals surface area contributed by atoms with Crippen LogP contribution in [0.25, 0.3) is 0 Å².